The molecule has 0 saturated carbocycles. The Morgan fingerprint density at radius 1 is 1.29 bits per heavy atom. The lowest BCUT2D eigenvalue weighted by atomic mass is 9.94. The lowest BCUT2D eigenvalue weighted by Gasteiger charge is -2.41. The molecule has 4 rings (SSSR count). The number of aliphatic hydroxyl groups excluding tert-OH is 1. The van der Waals surface area contributed by atoms with Crippen LogP contribution in [0, 0.1) is 0 Å². The van der Waals surface area contributed by atoms with Crippen molar-refractivity contribution in [1.82, 2.24) is 14.9 Å². The van der Waals surface area contributed by atoms with Gasteiger partial charge < -0.3 is 29.2 Å². The fraction of sp³-hybridized carbons (Fsp3) is 0.786. The second kappa shape index (κ2) is 5.66. The van der Waals surface area contributed by atoms with E-state index in [0.29, 0.717) is 12.6 Å². The number of fused-ring (bicyclic) bond motifs is 2. The standard InChI is InChI=1S/C14H21N3O4/c18-13-11(16-9-1-5-19-6-2-9)10-7-20-14(21-10)12(13)17-4-3-15-8-17/h3-4,8-14,16,18H,1-2,5-7H2/t10-,11-,12-,13+,14-/m1/s1. The highest BCUT2D eigenvalue weighted by atomic mass is 16.7. The average Bonchev–Trinajstić information content (AvgIpc) is 3.16. The van der Waals surface area contributed by atoms with E-state index in [1.165, 1.54) is 0 Å². The van der Waals surface area contributed by atoms with E-state index in [4.69, 9.17) is 14.2 Å². The minimum Gasteiger partial charge on any atom is -0.389 e. The number of nitrogens with zero attached hydrogens (tertiary/aromatic N) is 2. The van der Waals surface area contributed by atoms with Crippen molar-refractivity contribution in [3.63, 3.8) is 0 Å². The molecule has 3 saturated heterocycles. The Bertz CT molecular complexity index is 463. The van der Waals surface area contributed by atoms with E-state index in [2.05, 4.69) is 10.3 Å². The third-order valence-corrected chi connectivity index (χ3v) is 4.65. The number of aliphatic hydroxyl groups is 1. The highest BCUT2D eigenvalue weighted by molar-refractivity contribution is 5.02. The maximum atomic E-state index is 10.8. The Hall–Kier alpha value is -0.990. The van der Waals surface area contributed by atoms with Crippen molar-refractivity contribution in [1.29, 1.82) is 0 Å². The number of nitrogens with one attached hydrogen (secondary N) is 1. The van der Waals surface area contributed by atoms with Crippen molar-refractivity contribution in [3.8, 4) is 0 Å². The van der Waals surface area contributed by atoms with Gasteiger partial charge in [0.05, 0.1) is 25.1 Å². The molecule has 21 heavy (non-hydrogen) atoms. The number of aromatic nitrogens is 2. The van der Waals surface area contributed by atoms with E-state index < -0.39 is 12.4 Å². The quantitative estimate of drug-likeness (QED) is 0.796. The molecule has 3 aliphatic rings. The van der Waals surface area contributed by atoms with Crippen LogP contribution >= 0.6 is 0 Å². The summed E-state index contributed by atoms with van der Waals surface area (Å²) in [5.74, 6) is 0. The van der Waals surface area contributed by atoms with Crippen LogP contribution in [-0.2, 0) is 14.2 Å². The van der Waals surface area contributed by atoms with Crippen molar-refractivity contribution >= 4 is 0 Å². The zero-order valence-electron chi connectivity index (χ0n) is 11.8. The SMILES string of the molecule is O[C@H]1[C@H](NC2CCOCC2)[C@H]2CO[C@H](O2)[C@@H]1n1ccnc1. The fourth-order valence-corrected chi connectivity index (χ4v) is 3.51. The monoisotopic (exact) mass is 295 g/mol. The second-order valence-electron chi connectivity index (χ2n) is 5.95. The molecule has 2 N–H and O–H groups in total. The smallest absolute Gasteiger partial charge is 0.181 e. The van der Waals surface area contributed by atoms with Gasteiger partial charge in [-0.25, -0.2) is 4.98 Å². The lowest BCUT2D eigenvalue weighted by Crippen LogP contribution is -2.60. The van der Waals surface area contributed by atoms with Crippen molar-refractivity contribution in [2.24, 2.45) is 0 Å². The molecule has 0 spiro atoms. The van der Waals surface area contributed by atoms with Gasteiger partial charge in [0.25, 0.3) is 0 Å². The summed E-state index contributed by atoms with van der Waals surface area (Å²) in [5, 5.41) is 14.4. The van der Waals surface area contributed by atoms with Gasteiger partial charge in [0.15, 0.2) is 6.29 Å². The van der Waals surface area contributed by atoms with Crippen LogP contribution in [0.5, 0.6) is 0 Å². The van der Waals surface area contributed by atoms with Gasteiger partial charge in [-0.2, -0.15) is 0 Å². The summed E-state index contributed by atoms with van der Waals surface area (Å²) >= 11 is 0. The molecule has 3 aliphatic heterocycles. The van der Waals surface area contributed by atoms with Crippen molar-refractivity contribution in [2.45, 2.75) is 49.5 Å². The molecule has 7 heteroatoms. The maximum absolute atomic E-state index is 10.8. The number of hydrogen-bond donors (Lipinski definition) is 2. The van der Waals surface area contributed by atoms with Gasteiger partial charge >= 0.3 is 0 Å². The van der Waals surface area contributed by atoms with Gasteiger partial charge in [0.2, 0.25) is 0 Å². The van der Waals surface area contributed by atoms with E-state index in [-0.39, 0.29) is 18.2 Å². The minimum absolute atomic E-state index is 0.0902. The molecule has 0 unspecified atom stereocenters. The summed E-state index contributed by atoms with van der Waals surface area (Å²) in [6.45, 7) is 2.07. The molecule has 5 atom stereocenters. The van der Waals surface area contributed by atoms with E-state index in [1.54, 1.807) is 12.5 Å². The largest absolute Gasteiger partial charge is 0.389 e. The fourth-order valence-electron chi connectivity index (χ4n) is 3.51. The molecule has 2 bridgehead atoms. The van der Waals surface area contributed by atoms with Crippen molar-refractivity contribution in [3.05, 3.63) is 18.7 Å². The maximum Gasteiger partial charge on any atom is 0.181 e. The Kier molecular flexibility index (Phi) is 3.68. The number of rotatable bonds is 3. The number of imidazole rings is 1. The Labute approximate surface area is 123 Å². The molecule has 1 aromatic rings. The summed E-state index contributed by atoms with van der Waals surface area (Å²) < 4.78 is 18.9. The summed E-state index contributed by atoms with van der Waals surface area (Å²) in [4.78, 5) is 4.06. The second-order valence-corrected chi connectivity index (χ2v) is 5.95. The third-order valence-electron chi connectivity index (χ3n) is 4.65. The van der Waals surface area contributed by atoms with Gasteiger partial charge in [-0.3, -0.25) is 0 Å². The molecule has 1 aromatic heterocycles. The number of ether oxygens (including phenoxy) is 3. The molecule has 0 aromatic carbocycles. The van der Waals surface area contributed by atoms with Gasteiger partial charge in [-0.1, -0.05) is 0 Å². The normalized spacial score (nSPS) is 40.5. The molecule has 3 fully saturated rings. The topological polar surface area (TPSA) is 77.8 Å². The molecular formula is C14H21N3O4. The summed E-state index contributed by atoms with van der Waals surface area (Å²) in [6, 6.07) is -0.0228. The molecule has 4 heterocycles. The molecular weight excluding hydrogens is 274 g/mol. The van der Waals surface area contributed by atoms with E-state index >= 15 is 0 Å². The molecule has 0 amide bonds. The first-order valence-electron chi connectivity index (χ1n) is 7.59. The van der Waals surface area contributed by atoms with Gasteiger partial charge in [0.1, 0.15) is 12.1 Å². The van der Waals surface area contributed by atoms with Crippen LogP contribution < -0.4 is 5.32 Å². The van der Waals surface area contributed by atoms with Crippen LogP contribution in [-0.4, -0.2) is 65.1 Å². The summed E-state index contributed by atoms with van der Waals surface area (Å²) in [6.07, 6.45) is 6.13. The van der Waals surface area contributed by atoms with Crippen LogP contribution in [0.2, 0.25) is 0 Å². The minimum atomic E-state index is -0.562. The van der Waals surface area contributed by atoms with Crippen molar-refractivity contribution < 1.29 is 19.3 Å². The Morgan fingerprint density at radius 3 is 2.90 bits per heavy atom. The first-order chi connectivity index (χ1) is 10.3. The van der Waals surface area contributed by atoms with Crippen molar-refractivity contribution in [2.75, 3.05) is 19.8 Å². The predicted molar refractivity (Wildman–Crippen MR) is 72.6 cm³/mol. The summed E-state index contributed by atoms with van der Waals surface area (Å²) in [5.41, 5.74) is 0. The third kappa shape index (κ3) is 2.49. The zero-order valence-corrected chi connectivity index (χ0v) is 11.8. The Morgan fingerprint density at radius 2 is 2.14 bits per heavy atom. The lowest BCUT2D eigenvalue weighted by molar-refractivity contribution is -0.167. The summed E-state index contributed by atoms with van der Waals surface area (Å²) in [7, 11) is 0. The first-order valence-corrected chi connectivity index (χ1v) is 7.59. The molecule has 0 radical (unpaired) electrons. The Balaban J connectivity index is 1.52. The van der Waals surface area contributed by atoms with Crippen LogP contribution in [0.4, 0.5) is 0 Å². The molecule has 0 aliphatic carbocycles. The van der Waals surface area contributed by atoms with Crippen LogP contribution in [0.3, 0.4) is 0 Å². The average molecular weight is 295 g/mol. The molecule has 116 valence electrons. The van der Waals surface area contributed by atoms with Crippen LogP contribution in [0.15, 0.2) is 18.7 Å². The van der Waals surface area contributed by atoms with Gasteiger partial charge in [-0.05, 0) is 12.8 Å². The van der Waals surface area contributed by atoms with E-state index in [0.717, 1.165) is 26.1 Å². The van der Waals surface area contributed by atoms with E-state index in [1.807, 2.05) is 10.8 Å². The molecule has 7 nitrogen and oxygen atoms in total. The zero-order chi connectivity index (χ0) is 14.2. The van der Waals surface area contributed by atoms with Gasteiger partial charge in [0, 0.05) is 31.6 Å². The van der Waals surface area contributed by atoms with Crippen LogP contribution in [0.25, 0.3) is 0 Å². The highest BCUT2D eigenvalue weighted by Crippen LogP contribution is 2.36. The van der Waals surface area contributed by atoms with Gasteiger partial charge in [-0.15, -0.1) is 0 Å². The first kappa shape index (κ1) is 13.7. The number of hydrogen-bond acceptors (Lipinski definition) is 6. The van der Waals surface area contributed by atoms with E-state index in [9.17, 15) is 5.11 Å². The highest BCUT2D eigenvalue weighted by Gasteiger charge is 2.51. The van der Waals surface area contributed by atoms with Crippen LogP contribution in [0.1, 0.15) is 18.9 Å². The predicted octanol–water partition coefficient (Wildman–Crippen LogP) is -0.323.